The van der Waals surface area contributed by atoms with E-state index in [9.17, 15) is 4.39 Å². The Morgan fingerprint density at radius 2 is 2.24 bits per heavy atom. The second kappa shape index (κ2) is 7.12. The lowest BCUT2D eigenvalue weighted by Crippen LogP contribution is -2.46. The third-order valence-electron chi connectivity index (χ3n) is 5.46. The summed E-state index contributed by atoms with van der Waals surface area (Å²) in [5, 5.41) is 3.88. The molecule has 3 rings (SSSR count). The van der Waals surface area contributed by atoms with Crippen LogP contribution in [-0.4, -0.2) is 50.8 Å². The van der Waals surface area contributed by atoms with E-state index < -0.39 is 5.41 Å². The van der Waals surface area contributed by atoms with Crippen molar-refractivity contribution in [3.63, 3.8) is 0 Å². The SMILES string of the molecule is CN=C(NCC(C)(C)c1c(F)cccc1Cl)N1CCC2(CCOC2)C1. The second-order valence-electron chi connectivity index (χ2n) is 7.86. The summed E-state index contributed by atoms with van der Waals surface area (Å²) >= 11 is 6.25. The maximum atomic E-state index is 14.3. The van der Waals surface area contributed by atoms with Gasteiger partial charge in [-0.1, -0.05) is 31.5 Å². The van der Waals surface area contributed by atoms with E-state index in [1.165, 1.54) is 6.07 Å². The van der Waals surface area contributed by atoms with Crippen LogP contribution in [0.2, 0.25) is 5.02 Å². The molecule has 0 aromatic heterocycles. The summed E-state index contributed by atoms with van der Waals surface area (Å²) in [5.41, 5.74) is 0.371. The lowest BCUT2D eigenvalue weighted by molar-refractivity contribution is 0.156. The highest BCUT2D eigenvalue weighted by molar-refractivity contribution is 6.31. The molecule has 1 aromatic rings. The minimum absolute atomic E-state index is 0.266. The molecule has 138 valence electrons. The van der Waals surface area contributed by atoms with Gasteiger partial charge in [-0.2, -0.15) is 0 Å². The van der Waals surface area contributed by atoms with Crippen LogP contribution in [0.4, 0.5) is 4.39 Å². The number of benzene rings is 1. The molecule has 6 heteroatoms. The zero-order valence-corrected chi connectivity index (χ0v) is 16.0. The number of likely N-dealkylation sites (tertiary alicyclic amines) is 1. The van der Waals surface area contributed by atoms with E-state index in [4.69, 9.17) is 16.3 Å². The van der Waals surface area contributed by atoms with Crippen LogP contribution in [0.15, 0.2) is 23.2 Å². The van der Waals surface area contributed by atoms with Crippen LogP contribution >= 0.6 is 11.6 Å². The van der Waals surface area contributed by atoms with E-state index in [2.05, 4.69) is 15.2 Å². The molecular weight excluding hydrogens is 341 g/mol. The number of hydrogen-bond donors (Lipinski definition) is 1. The number of aliphatic imine (C=N–C) groups is 1. The van der Waals surface area contributed by atoms with Gasteiger partial charge < -0.3 is 15.0 Å². The van der Waals surface area contributed by atoms with Gasteiger partial charge in [0.1, 0.15) is 5.82 Å². The first kappa shape index (κ1) is 18.5. The Bertz CT molecular complexity index is 636. The van der Waals surface area contributed by atoms with Gasteiger partial charge in [-0.3, -0.25) is 4.99 Å². The van der Waals surface area contributed by atoms with Crippen molar-refractivity contribution in [3.05, 3.63) is 34.6 Å². The van der Waals surface area contributed by atoms with Crippen LogP contribution < -0.4 is 5.32 Å². The second-order valence-corrected chi connectivity index (χ2v) is 8.26. The van der Waals surface area contributed by atoms with Crippen molar-refractivity contribution in [1.82, 2.24) is 10.2 Å². The molecule has 2 aliphatic rings. The lowest BCUT2D eigenvalue weighted by atomic mass is 9.84. The molecule has 1 N–H and O–H groups in total. The van der Waals surface area contributed by atoms with Crippen molar-refractivity contribution in [3.8, 4) is 0 Å². The van der Waals surface area contributed by atoms with Gasteiger partial charge in [0.05, 0.1) is 6.61 Å². The van der Waals surface area contributed by atoms with Crippen molar-refractivity contribution in [2.24, 2.45) is 10.4 Å². The number of hydrogen-bond acceptors (Lipinski definition) is 2. The molecule has 0 aliphatic carbocycles. The minimum Gasteiger partial charge on any atom is -0.381 e. The minimum atomic E-state index is -0.452. The van der Waals surface area contributed by atoms with Gasteiger partial charge in [-0.05, 0) is 25.0 Å². The van der Waals surface area contributed by atoms with Crippen molar-refractivity contribution in [2.75, 3.05) is 39.9 Å². The van der Waals surface area contributed by atoms with Gasteiger partial charge in [-0.15, -0.1) is 0 Å². The summed E-state index contributed by atoms with van der Waals surface area (Å²) < 4.78 is 19.9. The average Bonchev–Trinajstić information content (AvgIpc) is 3.18. The molecule has 0 amide bonds. The van der Waals surface area contributed by atoms with Gasteiger partial charge in [0.15, 0.2) is 5.96 Å². The molecule has 0 saturated carbocycles. The van der Waals surface area contributed by atoms with E-state index in [-0.39, 0.29) is 11.2 Å². The van der Waals surface area contributed by atoms with Crippen LogP contribution in [0.1, 0.15) is 32.3 Å². The quantitative estimate of drug-likeness (QED) is 0.656. The zero-order chi connectivity index (χ0) is 18.1. The Balaban J connectivity index is 1.67. The molecule has 4 nitrogen and oxygen atoms in total. The molecular formula is C19H27ClFN3O. The highest BCUT2D eigenvalue weighted by Gasteiger charge is 2.42. The van der Waals surface area contributed by atoms with Crippen molar-refractivity contribution in [1.29, 1.82) is 0 Å². The topological polar surface area (TPSA) is 36.9 Å². The number of guanidine groups is 1. The maximum absolute atomic E-state index is 14.3. The summed E-state index contributed by atoms with van der Waals surface area (Å²) in [5.74, 6) is 0.599. The lowest BCUT2D eigenvalue weighted by Gasteiger charge is -2.30. The summed E-state index contributed by atoms with van der Waals surface area (Å²) in [6, 6.07) is 4.83. The van der Waals surface area contributed by atoms with Crippen LogP contribution in [0.3, 0.4) is 0 Å². The molecule has 1 aromatic carbocycles. The summed E-state index contributed by atoms with van der Waals surface area (Å²) in [6.45, 7) is 8.19. The van der Waals surface area contributed by atoms with Crippen LogP contribution in [-0.2, 0) is 10.2 Å². The maximum Gasteiger partial charge on any atom is 0.193 e. The fourth-order valence-electron chi connectivity index (χ4n) is 3.95. The highest BCUT2D eigenvalue weighted by Crippen LogP contribution is 2.38. The average molecular weight is 368 g/mol. The molecule has 0 bridgehead atoms. The predicted molar refractivity (Wildman–Crippen MR) is 99.9 cm³/mol. The number of halogens is 2. The first-order valence-electron chi connectivity index (χ1n) is 8.85. The standard InChI is InChI=1S/C19H27ClFN3O/c1-18(2,16-14(20)5-4-6-15(16)21)11-23-17(22-3)24-9-7-19(12-24)8-10-25-13-19/h4-6H,7-13H2,1-3H3,(H,22,23). The summed E-state index contributed by atoms with van der Waals surface area (Å²) in [6.07, 6.45) is 2.26. The Hall–Kier alpha value is -1.33. The summed E-state index contributed by atoms with van der Waals surface area (Å²) in [4.78, 5) is 6.72. The Morgan fingerprint density at radius 3 is 2.88 bits per heavy atom. The van der Waals surface area contributed by atoms with E-state index in [1.807, 2.05) is 13.8 Å². The molecule has 25 heavy (non-hydrogen) atoms. The Morgan fingerprint density at radius 1 is 1.44 bits per heavy atom. The number of nitrogens with one attached hydrogen (secondary N) is 1. The van der Waals surface area contributed by atoms with Gasteiger partial charge in [0.25, 0.3) is 0 Å². The van der Waals surface area contributed by atoms with Crippen molar-refractivity contribution >= 4 is 17.6 Å². The molecule has 2 heterocycles. The van der Waals surface area contributed by atoms with Crippen molar-refractivity contribution < 1.29 is 9.13 Å². The Kier molecular flexibility index (Phi) is 5.26. The molecule has 2 aliphatic heterocycles. The van der Waals surface area contributed by atoms with E-state index in [0.29, 0.717) is 17.1 Å². The Labute approximate surface area is 154 Å². The third kappa shape index (κ3) is 3.77. The molecule has 1 unspecified atom stereocenters. The van der Waals surface area contributed by atoms with Crippen molar-refractivity contribution in [2.45, 2.75) is 32.1 Å². The predicted octanol–water partition coefficient (Wildman–Crippen LogP) is 3.44. The molecule has 1 spiro atoms. The number of rotatable bonds is 3. The largest absolute Gasteiger partial charge is 0.381 e. The third-order valence-corrected chi connectivity index (χ3v) is 5.78. The van der Waals surface area contributed by atoms with Crippen LogP contribution in [0, 0.1) is 11.2 Å². The van der Waals surface area contributed by atoms with Gasteiger partial charge in [0.2, 0.25) is 0 Å². The molecule has 2 saturated heterocycles. The van der Waals surface area contributed by atoms with Gasteiger partial charge >= 0.3 is 0 Å². The fourth-order valence-corrected chi connectivity index (χ4v) is 4.37. The van der Waals surface area contributed by atoms with Crippen LogP contribution in [0.5, 0.6) is 0 Å². The molecule has 0 radical (unpaired) electrons. The first-order valence-corrected chi connectivity index (χ1v) is 9.23. The number of ether oxygens (including phenoxy) is 1. The van der Waals surface area contributed by atoms with Gasteiger partial charge in [-0.25, -0.2) is 4.39 Å². The zero-order valence-electron chi connectivity index (χ0n) is 15.2. The van der Waals surface area contributed by atoms with Crippen LogP contribution in [0.25, 0.3) is 0 Å². The fraction of sp³-hybridized carbons (Fsp3) is 0.632. The highest BCUT2D eigenvalue weighted by atomic mass is 35.5. The summed E-state index contributed by atoms with van der Waals surface area (Å²) in [7, 11) is 1.79. The van der Waals surface area contributed by atoms with E-state index in [1.54, 1.807) is 19.2 Å². The number of nitrogens with zero attached hydrogens (tertiary/aromatic N) is 2. The van der Waals surface area contributed by atoms with E-state index in [0.717, 1.165) is 45.1 Å². The first-order chi connectivity index (χ1) is 11.9. The van der Waals surface area contributed by atoms with Gasteiger partial charge in [0, 0.05) is 54.7 Å². The monoisotopic (exact) mass is 367 g/mol. The van der Waals surface area contributed by atoms with E-state index >= 15 is 0 Å². The molecule has 1 atom stereocenters. The molecule has 2 fully saturated rings. The normalized spacial score (nSPS) is 24.4. The smallest absolute Gasteiger partial charge is 0.193 e.